The van der Waals surface area contributed by atoms with E-state index in [-0.39, 0.29) is 17.6 Å². The van der Waals surface area contributed by atoms with Crippen LogP contribution in [0.15, 0.2) is 35.9 Å². The van der Waals surface area contributed by atoms with E-state index in [4.69, 9.17) is 5.26 Å². The van der Waals surface area contributed by atoms with Gasteiger partial charge in [0, 0.05) is 44.7 Å². The molecule has 4 nitrogen and oxygen atoms in total. The zero-order valence-corrected chi connectivity index (χ0v) is 17.8. The van der Waals surface area contributed by atoms with Crippen LogP contribution in [0.3, 0.4) is 0 Å². The van der Waals surface area contributed by atoms with E-state index in [2.05, 4.69) is 37.8 Å². The first-order valence-electron chi connectivity index (χ1n) is 10.7. The molecule has 2 aliphatic rings. The van der Waals surface area contributed by atoms with Crippen LogP contribution in [0, 0.1) is 40.8 Å². The van der Waals surface area contributed by atoms with Crippen LogP contribution in [0.4, 0.5) is 10.1 Å². The van der Waals surface area contributed by atoms with Crippen LogP contribution in [0.25, 0.3) is 0 Å². The zero-order chi connectivity index (χ0) is 21.0. The molecule has 3 rings (SSSR count). The lowest BCUT2D eigenvalue weighted by Gasteiger charge is -2.39. The lowest BCUT2D eigenvalue weighted by atomic mass is 9.69. The fourth-order valence-corrected chi connectivity index (χ4v) is 4.82. The van der Waals surface area contributed by atoms with E-state index in [9.17, 15) is 9.18 Å². The zero-order valence-electron chi connectivity index (χ0n) is 17.8. The van der Waals surface area contributed by atoms with Gasteiger partial charge in [-0.15, -0.1) is 0 Å². The van der Waals surface area contributed by atoms with Gasteiger partial charge in [-0.1, -0.05) is 25.5 Å². The van der Waals surface area contributed by atoms with Crippen LogP contribution in [0.1, 0.15) is 40.0 Å². The Balaban J connectivity index is 1.57. The first kappa shape index (κ1) is 21.4. The smallest absolute Gasteiger partial charge is 0.223 e. The molecule has 3 atom stereocenters. The Bertz CT molecular complexity index is 772. The van der Waals surface area contributed by atoms with E-state index < -0.39 is 0 Å². The monoisotopic (exact) mass is 397 g/mol. The number of amides is 1. The average molecular weight is 398 g/mol. The summed E-state index contributed by atoms with van der Waals surface area (Å²) in [7, 11) is 0. The van der Waals surface area contributed by atoms with Crippen molar-refractivity contribution in [3.63, 3.8) is 0 Å². The molecule has 1 aliphatic heterocycles. The Hall–Kier alpha value is -2.35. The standard InChI is InChI=1S/C24H32FN3O/c1-17(2)23-15-20(18(3)14-19(23)8-9-26)16-24(29)28-12-10-27(11-13-28)22-6-4-21(25)5-7-22/h4-7,14,17,19-20,23H,8,10-13,15-16H2,1-3H3. The minimum atomic E-state index is -0.227. The van der Waals surface area contributed by atoms with Gasteiger partial charge >= 0.3 is 0 Å². The van der Waals surface area contributed by atoms with Gasteiger partial charge in [0.2, 0.25) is 5.91 Å². The van der Waals surface area contributed by atoms with Crippen molar-refractivity contribution < 1.29 is 9.18 Å². The maximum Gasteiger partial charge on any atom is 0.223 e. The van der Waals surface area contributed by atoms with Gasteiger partial charge in [0.15, 0.2) is 0 Å². The Morgan fingerprint density at radius 3 is 2.45 bits per heavy atom. The lowest BCUT2D eigenvalue weighted by molar-refractivity contribution is -0.132. The van der Waals surface area contributed by atoms with Crippen molar-refractivity contribution in [3.05, 3.63) is 41.7 Å². The largest absolute Gasteiger partial charge is 0.368 e. The van der Waals surface area contributed by atoms with Gasteiger partial charge in [-0.3, -0.25) is 4.79 Å². The van der Waals surface area contributed by atoms with Crippen molar-refractivity contribution in [3.8, 4) is 6.07 Å². The summed E-state index contributed by atoms with van der Waals surface area (Å²) in [6, 6.07) is 8.89. The molecule has 0 saturated carbocycles. The summed E-state index contributed by atoms with van der Waals surface area (Å²) >= 11 is 0. The second kappa shape index (κ2) is 9.43. The number of allylic oxidation sites excluding steroid dienone is 2. The molecule has 29 heavy (non-hydrogen) atoms. The third-order valence-electron chi connectivity index (χ3n) is 6.66. The highest BCUT2D eigenvalue weighted by molar-refractivity contribution is 5.77. The number of anilines is 1. The summed E-state index contributed by atoms with van der Waals surface area (Å²) in [5.41, 5.74) is 2.27. The molecule has 1 fully saturated rings. The van der Waals surface area contributed by atoms with Crippen molar-refractivity contribution in [1.29, 1.82) is 5.26 Å². The van der Waals surface area contributed by atoms with Crippen LogP contribution >= 0.6 is 0 Å². The first-order valence-corrected chi connectivity index (χ1v) is 10.7. The molecule has 0 bridgehead atoms. The maximum absolute atomic E-state index is 13.1. The molecule has 1 amide bonds. The van der Waals surface area contributed by atoms with Crippen molar-refractivity contribution in [2.45, 2.75) is 40.0 Å². The number of halogens is 1. The third-order valence-corrected chi connectivity index (χ3v) is 6.66. The van der Waals surface area contributed by atoms with Crippen LogP contribution in [0.5, 0.6) is 0 Å². The number of carbonyl (C=O) groups is 1. The second-order valence-corrected chi connectivity index (χ2v) is 8.83. The van der Waals surface area contributed by atoms with E-state index >= 15 is 0 Å². The van der Waals surface area contributed by atoms with Crippen molar-refractivity contribution in [2.75, 3.05) is 31.1 Å². The van der Waals surface area contributed by atoms with Crippen molar-refractivity contribution >= 4 is 11.6 Å². The number of piperazine rings is 1. The summed E-state index contributed by atoms with van der Waals surface area (Å²) in [6.45, 7) is 9.51. The molecule has 0 spiro atoms. The summed E-state index contributed by atoms with van der Waals surface area (Å²) in [5, 5.41) is 9.14. The van der Waals surface area contributed by atoms with Crippen molar-refractivity contribution in [2.24, 2.45) is 23.7 Å². The van der Waals surface area contributed by atoms with Crippen LogP contribution in [0.2, 0.25) is 0 Å². The van der Waals surface area contributed by atoms with E-state index in [1.807, 2.05) is 4.90 Å². The van der Waals surface area contributed by atoms with Gasteiger partial charge in [-0.25, -0.2) is 4.39 Å². The second-order valence-electron chi connectivity index (χ2n) is 8.83. The molecule has 156 valence electrons. The molecule has 1 heterocycles. The molecule has 1 aliphatic carbocycles. The normalized spacial score (nSPS) is 25.0. The predicted molar refractivity (Wildman–Crippen MR) is 114 cm³/mol. The highest BCUT2D eigenvalue weighted by Crippen LogP contribution is 2.40. The third kappa shape index (κ3) is 5.18. The molecule has 1 aromatic rings. The summed E-state index contributed by atoms with van der Waals surface area (Å²) in [4.78, 5) is 17.1. The van der Waals surface area contributed by atoms with Gasteiger partial charge in [0.1, 0.15) is 5.82 Å². The number of nitrogens with zero attached hydrogens (tertiary/aromatic N) is 3. The van der Waals surface area contributed by atoms with E-state index in [0.717, 1.165) is 25.2 Å². The van der Waals surface area contributed by atoms with Gasteiger partial charge < -0.3 is 9.80 Å². The fourth-order valence-electron chi connectivity index (χ4n) is 4.82. The topological polar surface area (TPSA) is 47.3 Å². The molecule has 1 aromatic carbocycles. The summed E-state index contributed by atoms with van der Waals surface area (Å²) in [6.07, 6.45) is 4.36. The van der Waals surface area contributed by atoms with E-state index in [1.165, 1.54) is 17.7 Å². The predicted octanol–water partition coefficient (Wildman–Crippen LogP) is 4.63. The average Bonchev–Trinajstić information content (AvgIpc) is 2.70. The molecule has 0 radical (unpaired) electrons. The number of rotatable bonds is 5. The quantitative estimate of drug-likeness (QED) is 0.681. The lowest BCUT2D eigenvalue weighted by Crippen LogP contribution is -2.49. The van der Waals surface area contributed by atoms with Crippen LogP contribution < -0.4 is 4.90 Å². The molecular formula is C24H32FN3O. The Morgan fingerprint density at radius 2 is 1.86 bits per heavy atom. The van der Waals surface area contributed by atoms with E-state index in [1.54, 1.807) is 12.1 Å². The van der Waals surface area contributed by atoms with Crippen LogP contribution in [-0.2, 0) is 4.79 Å². The molecule has 5 heteroatoms. The van der Waals surface area contributed by atoms with Gasteiger partial charge in [0.25, 0.3) is 0 Å². The Morgan fingerprint density at radius 1 is 1.21 bits per heavy atom. The highest BCUT2D eigenvalue weighted by atomic mass is 19.1. The first-order chi connectivity index (χ1) is 13.9. The Labute approximate surface area is 174 Å². The van der Waals surface area contributed by atoms with Gasteiger partial charge in [-0.2, -0.15) is 5.26 Å². The fraction of sp³-hybridized carbons (Fsp3) is 0.583. The number of benzene rings is 1. The summed E-state index contributed by atoms with van der Waals surface area (Å²) < 4.78 is 13.1. The molecule has 0 N–H and O–H groups in total. The number of hydrogen-bond acceptors (Lipinski definition) is 3. The van der Waals surface area contributed by atoms with Gasteiger partial charge in [-0.05, 0) is 61.3 Å². The summed E-state index contributed by atoms with van der Waals surface area (Å²) in [5.74, 6) is 1.56. The van der Waals surface area contributed by atoms with Crippen molar-refractivity contribution in [1.82, 2.24) is 4.90 Å². The number of hydrogen-bond donors (Lipinski definition) is 0. The maximum atomic E-state index is 13.1. The molecule has 3 unspecified atom stereocenters. The van der Waals surface area contributed by atoms with E-state index in [0.29, 0.717) is 43.7 Å². The highest BCUT2D eigenvalue weighted by Gasteiger charge is 2.33. The van der Waals surface area contributed by atoms with Crippen LogP contribution in [-0.4, -0.2) is 37.0 Å². The minimum absolute atomic E-state index is 0.225. The Kier molecular flexibility index (Phi) is 6.95. The van der Waals surface area contributed by atoms with Gasteiger partial charge in [0.05, 0.1) is 6.07 Å². The molecular weight excluding hydrogens is 365 g/mol. The minimum Gasteiger partial charge on any atom is -0.368 e. The number of nitriles is 1. The molecule has 1 saturated heterocycles. The number of carbonyl (C=O) groups excluding carboxylic acids is 1. The molecule has 0 aromatic heterocycles. The SMILES string of the molecule is CC1=CC(CC#N)C(C(C)C)CC1CC(=O)N1CCN(c2ccc(F)cc2)CC1.